The second-order valence-corrected chi connectivity index (χ2v) is 14.9. The van der Waals surface area contributed by atoms with Crippen LogP contribution in [0.5, 0.6) is 0 Å². The van der Waals surface area contributed by atoms with Gasteiger partial charge in [-0.05, 0) is 81.9 Å². The molecule has 0 aromatic heterocycles. The van der Waals surface area contributed by atoms with Crippen molar-refractivity contribution in [2.75, 3.05) is 0 Å². The molecular weight excluding hydrogens is 808 g/mol. The first-order valence-electron chi connectivity index (χ1n) is 14.1. The molecule has 2 aliphatic rings. The summed E-state index contributed by atoms with van der Waals surface area (Å²) in [7, 11) is 0. The topological polar surface area (TPSA) is 40.5 Å². The fraction of sp³-hybridized carbons (Fsp3) is 0.0526. The van der Waals surface area contributed by atoms with E-state index in [0.717, 1.165) is 84.7 Å². The van der Waals surface area contributed by atoms with Gasteiger partial charge in [0.25, 0.3) is 0 Å². The SMILES string of the molecule is OC1(c2ccccc2-c2ccccc2C2(O)c3cc(Br)ccc3-c3ccc(Br)cc32)c2cc(Br)ccc2-c2ccc(Br)cc21. The van der Waals surface area contributed by atoms with Crippen molar-refractivity contribution in [3.05, 3.63) is 173 Å². The molecule has 0 fully saturated rings. The van der Waals surface area contributed by atoms with Crippen molar-refractivity contribution in [2.45, 2.75) is 11.2 Å². The minimum Gasteiger partial charge on any atom is -0.376 e. The van der Waals surface area contributed by atoms with Crippen LogP contribution < -0.4 is 0 Å². The first-order valence-corrected chi connectivity index (χ1v) is 17.2. The van der Waals surface area contributed by atoms with E-state index >= 15 is 0 Å². The van der Waals surface area contributed by atoms with Crippen LogP contribution in [0.15, 0.2) is 139 Å². The average Bonchev–Trinajstić information content (AvgIpc) is 3.42. The van der Waals surface area contributed by atoms with Crippen LogP contribution in [0.1, 0.15) is 33.4 Å². The van der Waals surface area contributed by atoms with Crippen molar-refractivity contribution >= 4 is 63.7 Å². The molecule has 0 unspecified atom stereocenters. The Morgan fingerprint density at radius 1 is 0.318 bits per heavy atom. The van der Waals surface area contributed by atoms with Crippen molar-refractivity contribution in [1.29, 1.82) is 0 Å². The maximum Gasteiger partial charge on any atom is 0.142 e. The summed E-state index contributed by atoms with van der Waals surface area (Å²) >= 11 is 14.6. The van der Waals surface area contributed by atoms with Crippen LogP contribution in [0.25, 0.3) is 33.4 Å². The molecule has 6 heteroatoms. The molecule has 6 aromatic carbocycles. The smallest absolute Gasteiger partial charge is 0.142 e. The van der Waals surface area contributed by atoms with E-state index < -0.39 is 11.2 Å². The van der Waals surface area contributed by atoms with Gasteiger partial charge in [-0.1, -0.05) is 137 Å². The van der Waals surface area contributed by atoms with Crippen molar-refractivity contribution < 1.29 is 10.2 Å². The number of aliphatic hydroxyl groups is 2. The molecule has 0 saturated carbocycles. The zero-order chi connectivity index (χ0) is 30.4. The van der Waals surface area contributed by atoms with Gasteiger partial charge in [0.1, 0.15) is 11.2 Å². The van der Waals surface area contributed by atoms with Gasteiger partial charge in [-0.25, -0.2) is 0 Å². The summed E-state index contributed by atoms with van der Waals surface area (Å²) in [5.41, 5.74) is 7.52. The highest BCUT2D eigenvalue weighted by Gasteiger charge is 2.47. The van der Waals surface area contributed by atoms with Crippen molar-refractivity contribution in [3.63, 3.8) is 0 Å². The Morgan fingerprint density at radius 2 is 0.568 bits per heavy atom. The number of fused-ring (bicyclic) bond motifs is 6. The van der Waals surface area contributed by atoms with Crippen LogP contribution >= 0.6 is 63.7 Å². The maximum atomic E-state index is 13.1. The lowest BCUT2D eigenvalue weighted by Gasteiger charge is -2.32. The Hall–Kier alpha value is -2.84. The third kappa shape index (κ3) is 4.02. The van der Waals surface area contributed by atoms with Gasteiger partial charge in [-0.2, -0.15) is 0 Å². The molecule has 0 heterocycles. The van der Waals surface area contributed by atoms with Crippen LogP contribution in [0.2, 0.25) is 0 Å². The van der Waals surface area contributed by atoms with Gasteiger partial charge in [0.2, 0.25) is 0 Å². The summed E-state index contributed by atoms with van der Waals surface area (Å²) in [6.07, 6.45) is 0. The molecule has 0 atom stereocenters. The average molecular weight is 830 g/mol. The van der Waals surface area contributed by atoms with Gasteiger partial charge in [0, 0.05) is 51.3 Å². The number of rotatable bonds is 3. The summed E-state index contributed by atoms with van der Waals surface area (Å²) in [5, 5.41) is 26.1. The molecule has 2 aliphatic carbocycles. The molecule has 0 aliphatic heterocycles. The quantitative estimate of drug-likeness (QED) is 0.187. The molecule has 0 bridgehead atoms. The van der Waals surface area contributed by atoms with Crippen molar-refractivity contribution in [2.24, 2.45) is 0 Å². The number of halogens is 4. The molecule has 0 spiro atoms. The number of hydrogen-bond acceptors (Lipinski definition) is 2. The summed E-state index contributed by atoms with van der Waals surface area (Å²) in [6, 6.07) is 40.3. The summed E-state index contributed by atoms with van der Waals surface area (Å²) in [6.45, 7) is 0. The van der Waals surface area contributed by atoms with E-state index in [0.29, 0.717) is 0 Å². The minimum absolute atomic E-state index is 0.745. The predicted octanol–water partition coefficient (Wildman–Crippen LogP) is 10.9. The van der Waals surface area contributed by atoms with E-state index in [-0.39, 0.29) is 0 Å². The van der Waals surface area contributed by atoms with Crippen molar-refractivity contribution in [3.8, 4) is 33.4 Å². The Kier molecular flexibility index (Phi) is 6.73. The lowest BCUT2D eigenvalue weighted by molar-refractivity contribution is 0.129. The lowest BCUT2D eigenvalue weighted by atomic mass is 9.76. The lowest BCUT2D eigenvalue weighted by Crippen LogP contribution is -2.29. The van der Waals surface area contributed by atoms with Gasteiger partial charge in [-0.15, -0.1) is 0 Å². The third-order valence-corrected chi connectivity index (χ3v) is 11.0. The first kappa shape index (κ1) is 28.6. The second-order valence-electron chi connectivity index (χ2n) is 11.3. The maximum absolute atomic E-state index is 13.1. The minimum atomic E-state index is -1.44. The highest BCUT2D eigenvalue weighted by Crippen LogP contribution is 2.57. The molecular formula is C38H22Br4O2. The molecule has 0 radical (unpaired) electrons. The molecule has 0 amide bonds. The molecule has 6 aromatic rings. The molecule has 8 rings (SSSR count). The van der Waals surface area contributed by atoms with Crippen LogP contribution in [0, 0.1) is 0 Å². The predicted molar refractivity (Wildman–Crippen MR) is 191 cm³/mol. The van der Waals surface area contributed by atoms with E-state index in [9.17, 15) is 10.2 Å². The van der Waals surface area contributed by atoms with Crippen LogP contribution in [0.4, 0.5) is 0 Å². The van der Waals surface area contributed by atoms with Gasteiger partial charge in [0.15, 0.2) is 0 Å². The number of benzene rings is 6. The highest BCUT2D eigenvalue weighted by molar-refractivity contribution is 9.11. The Bertz CT molecular complexity index is 1910. The largest absolute Gasteiger partial charge is 0.376 e. The monoisotopic (exact) mass is 826 g/mol. The Balaban J connectivity index is 1.43. The number of hydrogen-bond donors (Lipinski definition) is 2. The van der Waals surface area contributed by atoms with Gasteiger partial charge >= 0.3 is 0 Å². The van der Waals surface area contributed by atoms with Crippen molar-refractivity contribution in [1.82, 2.24) is 0 Å². The molecule has 2 nitrogen and oxygen atoms in total. The van der Waals surface area contributed by atoms with Gasteiger partial charge in [-0.3, -0.25) is 0 Å². The van der Waals surface area contributed by atoms with E-state index in [1.54, 1.807) is 0 Å². The molecule has 214 valence electrons. The summed E-state index contributed by atoms with van der Waals surface area (Å²) in [4.78, 5) is 0. The van der Waals surface area contributed by atoms with E-state index in [1.165, 1.54) is 0 Å². The normalized spacial score (nSPS) is 15.0. The summed E-state index contributed by atoms with van der Waals surface area (Å²) in [5.74, 6) is 0. The van der Waals surface area contributed by atoms with Gasteiger partial charge in [0.05, 0.1) is 0 Å². The second kappa shape index (κ2) is 10.3. The van der Waals surface area contributed by atoms with Crippen LogP contribution in [-0.4, -0.2) is 10.2 Å². The van der Waals surface area contributed by atoms with E-state index in [1.807, 2.05) is 97.1 Å². The first-order chi connectivity index (χ1) is 21.2. The molecule has 0 saturated heterocycles. The summed E-state index contributed by atoms with van der Waals surface area (Å²) < 4.78 is 3.57. The Morgan fingerprint density at radius 3 is 0.864 bits per heavy atom. The molecule has 44 heavy (non-hydrogen) atoms. The molecule has 2 N–H and O–H groups in total. The van der Waals surface area contributed by atoms with E-state index in [4.69, 9.17) is 0 Å². The van der Waals surface area contributed by atoms with E-state index in [2.05, 4.69) is 88.0 Å². The fourth-order valence-corrected chi connectivity index (χ4v) is 8.58. The standard InChI is InChI=1S/C38H22Br4O2/c39-21-9-13-27-28-14-10-22(40)18-34(28)37(43,33(27)17-21)31-7-3-1-5-25(31)26-6-2-4-8-32(26)38(44)35-19-23(41)11-15-29(35)30-16-12-24(42)20-36(30)38/h1-20,43-44H. The fourth-order valence-electron chi connectivity index (χ4n) is 7.14. The highest BCUT2D eigenvalue weighted by atomic mass is 79.9. The van der Waals surface area contributed by atoms with Gasteiger partial charge < -0.3 is 10.2 Å². The Labute approximate surface area is 288 Å². The zero-order valence-corrected chi connectivity index (χ0v) is 29.3. The zero-order valence-electron chi connectivity index (χ0n) is 23.0. The van der Waals surface area contributed by atoms with Crippen LogP contribution in [0.3, 0.4) is 0 Å². The van der Waals surface area contributed by atoms with Crippen LogP contribution in [-0.2, 0) is 11.2 Å². The third-order valence-electron chi connectivity index (χ3n) is 8.99.